The van der Waals surface area contributed by atoms with E-state index in [4.69, 9.17) is 0 Å². The molecule has 0 radical (unpaired) electrons. The van der Waals surface area contributed by atoms with Gasteiger partial charge in [-0.15, -0.1) is 56.9 Å². The average Bonchev–Trinajstić information content (AvgIpc) is 3.77. The first-order valence-corrected chi connectivity index (χ1v) is 28.9. The molecule has 0 amide bonds. The zero-order valence-electron chi connectivity index (χ0n) is 38.6. The predicted octanol–water partition coefficient (Wildman–Crippen LogP) is 10.7. The number of fused-ring (bicyclic) bond motifs is 2. The Kier molecular flexibility index (Phi) is 18.8. The van der Waals surface area contributed by atoms with Gasteiger partial charge in [0, 0.05) is 0 Å². The first-order chi connectivity index (χ1) is 27.5. The van der Waals surface area contributed by atoms with Crippen LogP contribution in [0.25, 0.3) is 43.8 Å². The maximum Gasteiger partial charge on any atom is -0.0132 e. The fourth-order valence-corrected chi connectivity index (χ4v) is 9.53. The fraction of sp³-hybridized carbons (Fsp3) is 0.464. The Hall–Kier alpha value is -2.22. The molecule has 6 aromatic carbocycles. The number of rotatable bonds is 6. The van der Waals surface area contributed by atoms with Crippen molar-refractivity contribution in [3.63, 3.8) is 0 Å². The Labute approximate surface area is 393 Å². The van der Waals surface area contributed by atoms with Crippen molar-refractivity contribution >= 4 is 27.0 Å². The molecule has 0 aliphatic heterocycles. The third kappa shape index (κ3) is 13.9. The SMILES string of the molecule is C[Si](C)=[Zr+2].Cc1cc(-c2ccc(C(C)(C)C)cc2)c2cc(CC3CCCCC3)[cH-]c2c1.Cc1cc(-c2ccc(C(C)(C)C)cc2)c2cc(CC3CCCCC3)[cH-]c2c1.[Cl-].[Cl-]. The van der Waals surface area contributed by atoms with Gasteiger partial charge in [-0.1, -0.05) is 189 Å². The summed E-state index contributed by atoms with van der Waals surface area (Å²) in [6.07, 6.45) is 16.8. The van der Waals surface area contributed by atoms with E-state index in [0.717, 1.165) is 11.8 Å². The number of halogens is 2. The van der Waals surface area contributed by atoms with Gasteiger partial charge in [0.05, 0.1) is 0 Å². The topological polar surface area (TPSA) is 0 Å². The van der Waals surface area contributed by atoms with Gasteiger partial charge in [-0.05, 0) is 71.6 Å². The Morgan fingerprint density at radius 2 is 0.833 bits per heavy atom. The zero-order chi connectivity index (χ0) is 41.6. The Morgan fingerprint density at radius 3 is 1.13 bits per heavy atom. The van der Waals surface area contributed by atoms with E-state index in [-0.39, 0.29) is 41.1 Å². The van der Waals surface area contributed by atoms with Crippen LogP contribution in [-0.4, -0.2) is 5.43 Å². The molecule has 0 N–H and O–H groups in total. The molecule has 320 valence electrons. The van der Waals surface area contributed by atoms with Crippen LogP contribution in [0.3, 0.4) is 0 Å². The van der Waals surface area contributed by atoms with Gasteiger partial charge in [0.15, 0.2) is 0 Å². The molecule has 2 aliphatic rings. The zero-order valence-corrected chi connectivity index (χ0v) is 43.6. The summed E-state index contributed by atoms with van der Waals surface area (Å²) < 4.78 is 0. The van der Waals surface area contributed by atoms with E-state index in [9.17, 15) is 0 Å². The van der Waals surface area contributed by atoms with Gasteiger partial charge in [-0.25, -0.2) is 0 Å². The molecular weight excluding hydrogens is 863 g/mol. The smallest absolute Gasteiger partial charge is 0.0132 e. The van der Waals surface area contributed by atoms with Crippen LogP contribution < -0.4 is 24.8 Å². The Bertz CT molecular complexity index is 2100. The van der Waals surface area contributed by atoms with Crippen molar-refractivity contribution in [2.24, 2.45) is 11.8 Å². The first-order valence-electron chi connectivity index (χ1n) is 22.7. The van der Waals surface area contributed by atoms with E-state index in [2.05, 4.69) is 166 Å². The number of hydrogen-bond donors (Lipinski definition) is 0. The third-order valence-electron chi connectivity index (χ3n) is 12.7. The minimum absolute atomic E-state index is 0. The van der Waals surface area contributed by atoms with E-state index in [1.54, 1.807) is 23.3 Å². The standard InChI is InChI=1S/2C27H33.C2H6Si.2ClH.Zr/c2*1-19-14-23-17-21(16-20-8-6-5-7-9-20)18-26(23)25(15-19)22-10-12-24(13-11-22)27(2,3)4;1-3-2;;;/h2*10-15,17-18,20H,5-9,16H2,1-4H3;1-2H3;2*1H;/q2*-1;;;;+2/p-2. The maximum atomic E-state index is 2.47. The second kappa shape index (κ2) is 22.4. The molecule has 2 fully saturated rings. The van der Waals surface area contributed by atoms with Crippen LogP contribution in [0, 0.1) is 25.7 Å². The minimum Gasteiger partial charge on any atom is -1.00 e. The van der Waals surface area contributed by atoms with Crippen molar-refractivity contribution in [2.45, 2.75) is 156 Å². The maximum absolute atomic E-state index is 2.47. The van der Waals surface area contributed by atoms with Crippen LogP contribution in [0.1, 0.15) is 139 Å². The molecule has 4 heteroatoms. The van der Waals surface area contributed by atoms with Crippen LogP contribution in [0.15, 0.2) is 97.1 Å². The monoisotopic (exact) mass is 932 g/mol. The Morgan fingerprint density at radius 1 is 0.517 bits per heavy atom. The molecular formula is C56H72Cl2SiZr-2. The predicted molar refractivity (Wildman–Crippen MR) is 255 cm³/mol. The largest absolute Gasteiger partial charge is 1.00 e. The fourth-order valence-electron chi connectivity index (χ4n) is 9.53. The molecule has 0 atom stereocenters. The van der Waals surface area contributed by atoms with Gasteiger partial charge in [-0.3, -0.25) is 0 Å². The molecule has 0 unspecified atom stereocenters. The number of hydrogen-bond acceptors (Lipinski definition) is 0. The van der Waals surface area contributed by atoms with E-state index < -0.39 is 0 Å². The average molecular weight is 935 g/mol. The second-order valence-corrected chi connectivity index (χ2v) is 29.8. The van der Waals surface area contributed by atoms with Crippen LogP contribution in [0.5, 0.6) is 0 Å². The van der Waals surface area contributed by atoms with Crippen molar-refractivity contribution in [1.29, 1.82) is 0 Å². The summed E-state index contributed by atoms with van der Waals surface area (Å²) in [4.78, 5) is 0. The third-order valence-corrected chi connectivity index (χ3v) is 12.7. The summed E-state index contributed by atoms with van der Waals surface area (Å²) in [6.45, 7) is 22.7. The molecule has 2 saturated carbocycles. The van der Waals surface area contributed by atoms with E-state index in [1.165, 1.54) is 154 Å². The van der Waals surface area contributed by atoms with Gasteiger partial charge in [-0.2, -0.15) is 12.1 Å². The van der Waals surface area contributed by atoms with E-state index in [0.29, 0.717) is 0 Å². The van der Waals surface area contributed by atoms with Crippen molar-refractivity contribution in [2.75, 3.05) is 0 Å². The van der Waals surface area contributed by atoms with E-state index >= 15 is 0 Å². The molecule has 0 nitrogen and oxygen atoms in total. The van der Waals surface area contributed by atoms with Crippen LogP contribution in [-0.2, 0) is 47.0 Å². The number of benzene rings is 4. The molecule has 2 aliphatic carbocycles. The summed E-state index contributed by atoms with van der Waals surface area (Å²) in [6, 6.07) is 37.7. The van der Waals surface area contributed by atoms with Gasteiger partial charge in [0.1, 0.15) is 0 Å². The van der Waals surface area contributed by atoms with E-state index in [1.807, 2.05) is 0 Å². The van der Waals surface area contributed by atoms with Gasteiger partial charge >= 0.3 is 41.9 Å². The normalized spacial score (nSPS) is 15.0. The number of aryl methyl sites for hydroxylation is 2. The van der Waals surface area contributed by atoms with Gasteiger partial charge < -0.3 is 24.8 Å². The van der Waals surface area contributed by atoms with Crippen LogP contribution in [0.2, 0.25) is 13.1 Å². The molecule has 8 rings (SSSR count). The summed E-state index contributed by atoms with van der Waals surface area (Å²) >= 11 is 1.74. The molecule has 6 aromatic rings. The molecule has 0 spiro atoms. The second-order valence-electron chi connectivity index (χ2n) is 20.4. The summed E-state index contributed by atoms with van der Waals surface area (Å²) in [5.41, 5.74) is 14.7. The van der Waals surface area contributed by atoms with Crippen LogP contribution >= 0.6 is 0 Å². The molecule has 0 aromatic heterocycles. The Balaban J connectivity index is 0.000000236. The molecule has 0 bridgehead atoms. The molecule has 0 saturated heterocycles. The summed E-state index contributed by atoms with van der Waals surface area (Å²) in [7, 11) is 0. The minimum atomic E-state index is 0. The quantitative estimate of drug-likeness (QED) is 0.115. The van der Waals surface area contributed by atoms with Gasteiger partial charge in [0.25, 0.3) is 0 Å². The summed E-state index contributed by atoms with van der Waals surface area (Å²) in [5, 5.41) is 5.68. The molecule has 0 heterocycles. The van der Waals surface area contributed by atoms with Crippen LogP contribution in [0.4, 0.5) is 0 Å². The van der Waals surface area contributed by atoms with Crippen molar-refractivity contribution < 1.29 is 48.1 Å². The van der Waals surface area contributed by atoms with Crippen molar-refractivity contribution in [3.8, 4) is 22.3 Å². The first kappa shape index (κ1) is 50.4. The van der Waals surface area contributed by atoms with Crippen molar-refractivity contribution in [3.05, 3.63) is 130 Å². The van der Waals surface area contributed by atoms with Crippen molar-refractivity contribution in [1.82, 2.24) is 0 Å². The van der Waals surface area contributed by atoms with Gasteiger partial charge in [0.2, 0.25) is 0 Å². The summed E-state index contributed by atoms with van der Waals surface area (Å²) in [5.74, 6) is 1.79. The molecule has 60 heavy (non-hydrogen) atoms.